The zero-order chi connectivity index (χ0) is 14.1. The van der Waals surface area contributed by atoms with Crippen LogP contribution < -0.4 is 5.73 Å². The van der Waals surface area contributed by atoms with Crippen LogP contribution in [0.5, 0.6) is 11.5 Å². The number of benzene rings is 1. The molecule has 0 aliphatic heterocycles. The summed E-state index contributed by atoms with van der Waals surface area (Å²) >= 11 is 0. The smallest absolute Gasteiger partial charge is 0.160 e. The lowest BCUT2D eigenvalue weighted by Gasteiger charge is -2.37. The SMILES string of the molecule is Br.NCC1CC(C2CCCCC2)Cc2c1ccc(O)c2O. The Bertz CT molecular complexity index is 486. The van der Waals surface area contributed by atoms with E-state index < -0.39 is 0 Å². The summed E-state index contributed by atoms with van der Waals surface area (Å²) in [5.74, 6) is 1.80. The second-order valence-electron chi connectivity index (χ2n) is 6.53. The molecule has 0 bridgehead atoms. The standard InChI is InChI=1S/C17H25NO2.BrH/c18-10-13-8-12(11-4-2-1-3-5-11)9-15-14(13)6-7-16(19)17(15)20;/h6-7,11-13,19-20H,1-5,8-10,18H2;1H. The molecule has 3 rings (SSSR count). The van der Waals surface area contributed by atoms with Gasteiger partial charge in [0, 0.05) is 5.56 Å². The van der Waals surface area contributed by atoms with Gasteiger partial charge in [-0.2, -0.15) is 0 Å². The van der Waals surface area contributed by atoms with Gasteiger partial charge in [0.1, 0.15) is 0 Å². The van der Waals surface area contributed by atoms with Gasteiger partial charge in [-0.15, -0.1) is 17.0 Å². The Morgan fingerprint density at radius 1 is 1.05 bits per heavy atom. The van der Waals surface area contributed by atoms with E-state index in [-0.39, 0.29) is 28.5 Å². The van der Waals surface area contributed by atoms with E-state index in [4.69, 9.17) is 5.73 Å². The van der Waals surface area contributed by atoms with Gasteiger partial charge in [0.15, 0.2) is 11.5 Å². The van der Waals surface area contributed by atoms with Crippen molar-refractivity contribution < 1.29 is 10.2 Å². The Balaban J connectivity index is 0.00000161. The molecule has 0 heterocycles. The highest BCUT2D eigenvalue weighted by atomic mass is 79.9. The summed E-state index contributed by atoms with van der Waals surface area (Å²) in [5.41, 5.74) is 8.05. The predicted octanol–water partition coefficient (Wildman–Crippen LogP) is 3.86. The Hall–Kier alpha value is -0.740. The molecule has 2 atom stereocenters. The predicted molar refractivity (Wildman–Crippen MR) is 90.3 cm³/mol. The molecule has 4 heteroatoms. The molecular formula is C17H26BrNO2. The first kappa shape index (κ1) is 16.6. The van der Waals surface area contributed by atoms with Crippen molar-refractivity contribution in [2.75, 3.05) is 6.54 Å². The normalized spacial score (nSPS) is 26.0. The molecule has 0 saturated heterocycles. The molecule has 1 aromatic rings. The maximum absolute atomic E-state index is 10.2. The summed E-state index contributed by atoms with van der Waals surface area (Å²) in [4.78, 5) is 0. The van der Waals surface area contributed by atoms with Crippen LogP contribution in [0.2, 0.25) is 0 Å². The lowest BCUT2D eigenvalue weighted by molar-refractivity contribution is 0.212. The summed E-state index contributed by atoms with van der Waals surface area (Å²) in [6.45, 7) is 0.625. The maximum atomic E-state index is 10.2. The fraction of sp³-hybridized carbons (Fsp3) is 0.647. The van der Waals surface area contributed by atoms with Gasteiger partial charge in [0.2, 0.25) is 0 Å². The van der Waals surface area contributed by atoms with E-state index in [0.717, 1.165) is 29.9 Å². The molecule has 1 fully saturated rings. The van der Waals surface area contributed by atoms with E-state index >= 15 is 0 Å². The third kappa shape index (κ3) is 3.21. The Labute approximate surface area is 137 Å². The summed E-state index contributed by atoms with van der Waals surface area (Å²) < 4.78 is 0. The number of phenolic OH excluding ortho intramolecular Hbond substituents is 2. The Morgan fingerprint density at radius 3 is 2.43 bits per heavy atom. The van der Waals surface area contributed by atoms with Crippen LogP contribution in [0.4, 0.5) is 0 Å². The van der Waals surface area contributed by atoms with Crippen LogP contribution in [-0.2, 0) is 6.42 Å². The summed E-state index contributed by atoms with van der Waals surface area (Å²) in [6.07, 6.45) is 8.72. The topological polar surface area (TPSA) is 66.5 Å². The first-order valence-electron chi connectivity index (χ1n) is 7.94. The van der Waals surface area contributed by atoms with Gasteiger partial charge in [-0.05, 0) is 48.8 Å². The van der Waals surface area contributed by atoms with Crippen molar-refractivity contribution in [3.05, 3.63) is 23.3 Å². The number of rotatable bonds is 2. The van der Waals surface area contributed by atoms with Gasteiger partial charge in [0.25, 0.3) is 0 Å². The fourth-order valence-corrected chi connectivity index (χ4v) is 4.26. The van der Waals surface area contributed by atoms with E-state index in [2.05, 4.69) is 0 Å². The molecule has 2 aliphatic rings. The van der Waals surface area contributed by atoms with Crippen LogP contribution in [0.25, 0.3) is 0 Å². The van der Waals surface area contributed by atoms with E-state index in [1.165, 1.54) is 32.1 Å². The van der Waals surface area contributed by atoms with Crippen molar-refractivity contribution >= 4 is 17.0 Å². The second kappa shape index (κ2) is 7.01. The molecule has 2 unspecified atom stereocenters. The van der Waals surface area contributed by atoms with Gasteiger partial charge < -0.3 is 15.9 Å². The van der Waals surface area contributed by atoms with E-state index in [1.807, 2.05) is 6.07 Å². The van der Waals surface area contributed by atoms with Crippen molar-refractivity contribution in [1.82, 2.24) is 0 Å². The van der Waals surface area contributed by atoms with Crippen LogP contribution in [-0.4, -0.2) is 16.8 Å². The minimum absolute atomic E-state index is 0. The average Bonchev–Trinajstić information content (AvgIpc) is 2.51. The number of phenols is 2. The van der Waals surface area contributed by atoms with Crippen molar-refractivity contribution in [2.45, 2.75) is 50.9 Å². The number of halogens is 1. The van der Waals surface area contributed by atoms with E-state index in [0.29, 0.717) is 18.4 Å². The molecular weight excluding hydrogens is 330 g/mol. The lowest BCUT2D eigenvalue weighted by atomic mass is 9.68. The van der Waals surface area contributed by atoms with Crippen molar-refractivity contribution in [3.8, 4) is 11.5 Å². The molecule has 1 aromatic carbocycles. The van der Waals surface area contributed by atoms with Gasteiger partial charge in [-0.1, -0.05) is 38.2 Å². The number of aromatic hydroxyl groups is 2. The third-order valence-corrected chi connectivity index (χ3v) is 5.39. The van der Waals surface area contributed by atoms with Crippen molar-refractivity contribution in [2.24, 2.45) is 17.6 Å². The van der Waals surface area contributed by atoms with Crippen LogP contribution in [0.15, 0.2) is 12.1 Å². The van der Waals surface area contributed by atoms with Crippen LogP contribution in [0.1, 0.15) is 55.6 Å². The molecule has 3 nitrogen and oxygen atoms in total. The number of fused-ring (bicyclic) bond motifs is 1. The first-order valence-corrected chi connectivity index (χ1v) is 7.94. The van der Waals surface area contributed by atoms with Crippen molar-refractivity contribution in [1.29, 1.82) is 0 Å². The minimum Gasteiger partial charge on any atom is -0.504 e. The second-order valence-corrected chi connectivity index (χ2v) is 6.53. The van der Waals surface area contributed by atoms with Crippen LogP contribution in [0.3, 0.4) is 0 Å². The highest BCUT2D eigenvalue weighted by Crippen LogP contribution is 2.46. The van der Waals surface area contributed by atoms with Crippen LogP contribution in [0, 0.1) is 11.8 Å². The molecule has 1 saturated carbocycles. The third-order valence-electron chi connectivity index (χ3n) is 5.39. The van der Waals surface area contributed by atoms with E-state index in [1.54, 1.807) is 6.07 Å². The summed E-state index contributed by atoms with van der Waals surface area (Å²) in [7, 11) is 0. The van der Waals surface area contributed by atoms with Gasteiger partial charge in [-0.25, -0.2) is 0 Å². The molecule has 4 N–H and O–H groups in total. The molecule has 0 spiro atoms. The highest BCUT2D eigenvalue weighted by molar-refractivity contribution is 8.93. The molecule has 2 aliphatic carbocycles. The highest BCUT2D eigenvalue weighted by Gasteiger charge is 2.33. The van der Waals surface area contributed by atoms with Gasteiger partial charge in [0.05, 0.1) is 0 Å². The van der Waals surface area contributed by atoms with Crippen molar-refractivity contribution in [3.63, 3.8) is 0 Å². The van der Waals surface area contributed by atoms with Crippen LogP contribution >= 0.6 is 17.0 Å². The number of hydrogen-bond donors (Lipinski definition) is 3. The Kier molecular flexibility index (Phi) is 5.55. The minimum atomic E-state index is 0. The largest absolute Gasteiger partial charge is 0.504 e. The molecule has 0 amide bonds. The number of hydrogen-bond acceptors (Lipinski definition) is 3. The Morgan fingerprint density at radius 2 is 1.76 bits per heavy atom. The average molecular weight is 356 g/mol. The quantitative estimate of drug-likeness (QED) is 0.705. The first-order chi connectivity index (χ1) is 9.70. The molecule has 118 valence electrons. The zero-order valence-corrected chi connectivity index (χ0v) is 14.1. The zero-order valence-electron chi connectivity index (χ0n) is 12.4. The van der Waals surface area contributed by atoms with Gasteiger partial charge in [-0.3, -0.25) is 0 Å². The molecule has 0 aromatic heterocycles. The monoisotopic (exact) mass is 355 g/mol. The summed E-state index contributed by atoms with van der Waals surface area (Å²) in [5, 5.41) is 19.9. The summed E-state index contributed by atoms with van der Waals surface area (Å²) in [6, 6.07) is 3.54. The number of nitrogens with two attached hydrogens (primary N) is 1. The molecule has 0 radical (unpaired) electrons. The van der Waals surface area contributed by atoms with Gasteiger partial charge >= 0.3 is 0 Å². The maximum Gasteiger partial charge on any atom is 0.160 e. The fourth-order valence-electron chi connectivity index (χ4n) is 4.26. The molecule has 21 heavy (non-hydrogen) atoms. The lowest BCUT2D eigenvalue weighted by Crippen LogP contribution is -2.29. The van der Waals surface area contributed by atoms with E-state index in [9.17, 15) is 10.2 Å².